The highest BCUT2D eigenvalue weighted by molar-refractivity contribution is 5.96. The number of amides is 1. The molecule has 1 aliphatic heterocycles. The van der Waals surface area contributed by atoms with Crippen molar-refractivity contribution in [1.82, 2.24) is 4.90 Å². The van der Waals surface area contributed by atoms with E-state index in [0.717, 1.165) is 0 Å². The average Bonchev–Trinajstić information content (AvgIpc) is 2.93. The Labute approximate surface area is 120 Å². The van der Waals surface area contributed by atoms with Crippen LogP contribution in [0.4, 0.5) is 13.2 Å². The van der Waals surface area contributed by atoms with E-state index < -0.39 is 17.7 Å². The first-order valence-electron chi connectivity index (χ1n) is 6.66. The van der Waals surface area contributed by atoms with Crippen LogP contribution in [0.5, 0.6) is 0 Å². The van der Waals surface area contributed by atoms with Gasteiger partial charge in [-0.15, -0.1) is 0 Å². The lowest BCUT2D eigenvalue weighted by atomic mass is 10.0. The predicted octanol–water partition coefficient (Wildman–Crippen LogP) is 2.47. The molecule has 0 bridgehead atoms. The van der Waals surface area contributed by atoms with Crippen molar-refractivity contribution in [1.29, 1.82) is 0 Å². The van der Waals surface area contributed by atoms with Crippen LogP contribution in [-0.2, 0) is 4.79 Å². The van der Waals surface area contributed by atoms with Crippen molar-refractivity contribution >= 4 is 11.5 Å². The molecule has 3 nitrogen and oxygen atoms in total. The summed E-state index contributed by atoms with van der Waals surface area (Å²) in [5.41, 5.74) is -0.975. The Morgan fingerprint density at radius 2 is 2.00 bits per heavy atom. The van der Waals surface area contributed by atoms with Crippen molar-refractivity contribution in [3.8, 4) is 0 Å². The summed E-state index contributed by atoms with van der Waals surface area (Å²) in [6, 6.07) is 7.26. The summed E-state index contributed by atoms with van der Waals surface area (Å²) in [5.74, 6) is -0.712. The molecule has 2 rings (SSSR count). The second kappa shape index (κ2) is 6.30. The summed E-state index contributed by atoms with van der Waals surface area (Å²) in [7, 11) is 0. The maximum atomic E-state index is 13.1. The van der Waals surface area contributed by atoms with Gasteiger partial charge in [0.25, 0.3) is 0 Å². The van der Waals surface area contributed by atoms with Crippen molar-refractivity contribution in [2.24, 2.45) is 5.92 Å². The number of allylic oxidation sites excluding steroid dienone is 1. The van der Waals surface area contributed by atoms with Crippen LogP contribution in [-0.4, -0.2) is 41.8 Å². The summed E-state index contributed by atoms with van der Waals surface area (Å²) >= 11 is 0. The fourth-order valence-electron chi connectivity index (χ4n) is 2.34. The van der Waals surface area contributed by atoms with Crippen LogP contribution in [0.2, 0.25) is 0 Å². The van der Waals surface area contributed by atoms with Gasteiger partial charge < -0.3 is 10.0 Å². The summed E-state index contributed by atoms with van der Waals surface area (Å²) in [6.45, 7) is 0.616. The molecule has 1 fully saturated rings. The molecule has 1 heterocycles. The third kappa shape index (κ3) is 3.85. The minimum Gasteiger partial charge on any atom is -0.396 e. The number of carbonyl (C=O) groups excluding carboxylic acids is 1. The van der Waals surface area contributed by atoms with E-state index in [1.807, 2.05) is 0 Å². The van der Waals surface area contributed by atoms with Gasteiger partial charge in [0.15, 0.2) is 0 Å². The average molecular weight is 299 g/mol. The van der Waals surface area contributed by atoms with Crippen molar-refractivity contribution in [2.45, 2.75) is 12.6 Å². The number of aliphatic hydroxyl groups is 1. The van der Waals surface area contributed by atoms with Gasteiger partial charge >= 0.3 is 6.18 Å². The van der Waals surface area contributed by atoms with Crippen molar-refractivity contribution in [2.75, 3.05) is 19.7 Å². The molecule has 0 saturated carbocycles. The first kappa shape index (κ1) is 15.6. The Kier molecular flexibility index (Phi) is 4.67. The van der Waals surface area contributed by atoms with Gasteiger partial charge in [-0.1, -0.05) is 30.3 Å². The minimum atomic E-state index is -4.59. The van der Waals surface area contributed by atoms with Crippen LogP contribution in [0, 0.1) is 5.92 Å². The summed E-state index contributed by atoms with van der Waals surface area (Å²) in [6.07, 6.45) is -3.33. The number of hydrogen-bond donors (Lipinski definition) is 1. The normalized spacial score (nSPS) is 19.9. The lowest BCUT2D eigenvalue weighted by molar-refractivity contribution is -0.125. The molecule has 1 aliphatic rings. The van der Waals surface area contributed by atoms with Gasteiger partial charge in [0, 0.05) is 31.7 Å². The number of likely N-dealkylation sites (tertiary alicyclic amines) is 1. The minimum absolute atomic E-state index is 0.0312. The lowest BCUT2D eigenvalue weighted by Crippen LogP contribution is -2.28. The lowest BCUT2D eigenvalue weighted by Gasteiger charge is -2.16. The van der Waals surface area contributed by atoms with Crippen LogP contribution in [0.25, 0.3) is 5.57 Å². The standard InChI is InChI=1S/C15H16F3NO2/c16-15(17,18)13(12-4-2-1-3-5-12)8-14(21)19-7-6-11(9-19)10-20/h1-5,8,11,20H,6-7,9-10H2/b13-8-. The van der Waals surface area contributed by atoms with Gasteiger partial charge in [0.2, 0.25) is 5.91 Å². The third-order valence-corrected chi connectivity index (χ3v) is 3.51. The molecule has 1 aromatic rings. The van der Waals surface area contributed by atoms with Crippen LogP contribution in [0.3, 0.4) is 0 Å². The van der Waals surface area contributed by atoms with E-state index in [1.165, 1.54) is 29.2 Å². The van der Waals surface area contributed by atoms with Crippen LogP contribution < -0.4 is 0 Å². The molecular weight excluding hydrogens is 283 g/mol. The molecule has 21 heavy (non-hydrogen) atoms. The first-order valence-corrected chi connectivity index (χ1v) is 6.66. The molecule has 0 spiro atoms. The number of benzene rings is 1. The molecule has 1 N–H and O–H groups in total. The van der Waals surface area contributed by atoms with E-state index in [0.29, 0.717) is 25.6 Å². The highest BCUT2D eigenvalue weighted by Gasteiger charge is 2.36. The maximum Gasteiger partial charge on any atom is 0.417 e. The molecule has 0 radical (unpaired) electrons. The summed E-state index contributed by atoms with van der Waals surface area (Å²) < 4.78 is 39.4. The van der Waals surface area contributed by atoms with Gasteiger partial charge in [-0.05, 0) is 12.0 Å². The smallest absolute Gasteiger partial charge is 0.396 e. The molecular formula is C15H16F3NO2. The monoisotopic (exact) mass is 299 g/mol. The van der Waals surface area contributed by atoms with Crippen LogP contribution in [0.1, 0.15) is 12.0 Å². The van der Waals surface area contributed by atoms with Gasteiger partial charge in [-0.3, -0.25) is 4.79 Å². The van der Waals surface area contributed by atoms with Gasteiger partial charge in [-0.25, -0.2) is 0 Å². The first-order chi connectivity index (χ1) is 9.91. The van der Waals surface area contributed by atoms with Crippen molar-refractivity contribution in [3.05, 3.63) is 42.0 Å². The Hall–Kier alpha value is -1.82. The van der Waals surface area contributed by atoms with Crippen molar-refractivity contribution in [3.63, 3.8) is 0 Å². The Balaban J connectivity index is 2.24. The van der Waals surface area contributed by atoms with E-state index in [-0.39, 0.29) is 18.1 Å². The van der Waals surface area contributed by atoms with Gasteiger partial charge in [0.1, 0.15) is 0 Å². The quantitative estimate of drug-likeness (QED) is 0.871. The molecule has 114 valence electrons. The van der Waals surface area contributed by atoms with Gasteiger partial charge in [-0.2, -0.15) is 13.2 Å². The second-order valence-electron chi connectivity index (χ2n) is 5.04. The zero-order valence-electron chi connectivity index (χ0n) is 11.3. The molecule has 1 atom stereocenters. The molecule has 0 aromatic heterocycles. The summed E-state index contributed by atoms with van der Waals surface area (Å²) in [5, 5.41) is 9.02. The number of rotatable bonds is 3. The predicted molar refractivity (Wildman–Crippen MR) is 72.2 cm³/mol. The van der Waals surface area contributed by atoms with Gasteiger partial charge in [0.05, 0.1) is 5.57 Å². The Morgan fingerprint density at radius 3 is 2.52 bits per heavy atom. The third-order valence-electron chi connectivity index (χ3n) is 3.51. The number of nitrogens with zero attached hydrogens (tertiary/aromatic N) is 1. The molecule has 6 heteroatoms. The number of alkyl halides is 3. The molecule has 1 amide bonds. The Bertz CT molecular complexity index is 525. The highest BCUT2D eigenvalue weighted by Crippen LogP contribution is 2.34. The number of halogens is 3. The van der Waals surface area contributed by atoms with E-state index in [2.05, 4.69) is 0 Å². The molecule has 1 saturated heterocycles. The fourth-order valence-corrected chi connectivity index (χ4v) is 2.34. The highest BCUT2D eigenvalue weighted by atomic mass is 19.4. The molecule has 1 aromatic carbocycles. The topological polar surface area (TPSA) is 40.5 Å². The van der Waals surface area contributed by atoms with Crippen LogP contribution >= 0.6 is 0 Å². The zero-order valence-corrected chi connectivity index (χ0v) is 11.3. The van der Waals surface area contributed by atoms with E-state index in [4.69, 9.17) is 5.11 Å². The van der Waals surface area contributed by atoms with E-state index in [1.54, 1.807) is 6.07 Å². The molecule has 0 aliphatic carbocycles. The second-order valence-corrected chi connectivity index (χ2v) is 5.04. The summed E-state index contributed by atoms with van der Waals surface area (Å²) in [4.78, 5) is 13.3. The number of carbonyl (C=O) groups is 1. The zero-order chi connectivity index (χ0) is 15.5. The largest absolute Gasteiger partial charge is 0.417 e. The SMILES string of the molecule is O=C(/C=C(/c1ccccc1)C(F)(F)F)N1CCC(CO)C1. The van der Waals surface area contributed by atoms with E-state index >= 15 is 0 Å². The number of aliphatic hydroxyl groups excluding tert-OH is 1. The maximum absolute atomic E-state index is 13.1. The molecule has 1 unspecified atom stereocenters. The number of hydrogen-bond acceptors (Lipinski definition) is 2. The van der Waals surface area contributed by atoms with Crippen LogP contribution in [0.15, 0.2) is 36.4 Å². The van der Waals surface area contributed by atoms with E-state index in [9.17, 15) is 18.0 Å². The van der Waals surface area contributed by atoms with Crippen molar-refractivity contribution < 1.29 is 23.1 Å². The fraction of sp³-hybridized carbons (Fsp3) is 0.400. The Morgan fingerprint density at radius 1 is 1.33 bits per heavy atom.